The Balaban J connectivity index is 1.48. The number of nitrogens with one attached hydrogen (secondary N) is 2. The number of carbonyl (C=O) groups is 2. The number of hydrogen-bond donors (Lipinski definition) is 2. The van der Waals surface area contributed by atoms with E-state index in [1.54, 1.807) is 43.5 Å². The maximum Gasteiger partial charge on any atom is 0.316 e. The predicted octanol–water partition coefficient (Wildman–Crippen LogP) is 2.21. The highest BCUT2D eigenvalue weighted by Crippen LogP contribution is 2.19. The third kappa shape index (κ3) is 4.73. The molecule has 1 aromatic heterocycles. The smallest absolute Gasteiger partial charge is 0.316 e. The van der Waals surface area contributed by atoms with E-state index in [1.165, 1.54) is 0 Å². The Bertz CT molecular complexity index is 949. The Labute approximate surface area is 161 Å². The summed E-state index contributed by atoms with van der Waals surface area (Å²) in [5.74, 6) is 0.166. The van der Waals surface area contributed by atoms with Crippen LogP contribution in [0.4, 0.5) is 0 Å². The Hall–Kier alpha value is -3.68. The zero-order chi connectivity index (χ0) is 19.9. The van der Waals surface area contributed by atoms with E-state index in [2.05, 4.69) is 20.8 Å². The summed E-state index contributed by atoms with van der Waals surface area (Å²) in [5, 5.41) is 9.17. The van der Waals surface area contributed by atoms with Crippen molar-refractivity contribution in [2.24, 2.45) is 0 Å². The van der Waals surface area contributed by atoms with Crippen LogP contribution in [-0.2, 0) is 0 Å². The number of methoxy groups -OCH3 is 1. The quantitative estimate of drug-likeness (QED) is 0.609. The van der Waals surface area contributed by atoms with E-state index in [1.807, 2.05) is 19.1 Å². The third-order valence-corrected chi connectivity index (χ3v) is 3.98. The van der Waals surface area contributed by atoms with Gasteiger partial charge in [0.05, 0.1) is 7.11 Å². The third-order valence-electron chi connectivity index (χ3n) is 3.98. The fraction of sp³-hybridized carbons (Fsp3) is 0.200. The first-order valence-electron chi connectivity index (χ1n) is 8.68. The van der Waals surface area contributed by atoms with Gasteiger partial charge in [-0.05, 0) is 43.3 Å². The number of nitrogens with zero attached hydrogens (tertiary/aromatic N) is 2. The van der Waals surface area contributed by atoms with Crippen molar-refractivity contribution in [1.29, 1.82) is 0 Å². The molecule has 3 aromatic rings. The second-order valence-corrected chi connectivity index (χ2v) is 6.03. The highest BCUT2D eigenvalue weighted by Gasteiger charge is 2.16. The van der Waals surface area contributed by atoms with Gasteiger partial charge in [-0.25, -0.2) is 0 Å². The topological polar surface area (TPSA) is 106 Å². The summed E-state index contributed by atoms with van der Waals surface area (Å²) < 4.78 is 10.1. The molecule has 0 atom stereocenters. The average molecular weight is 380 g/mol. The van der Waals surface area contributed by atoms with Crippen molar-refractivity contribution >= 4 is 11.8 Å². The summed E-state index contributed by atoms with van der Waals surface area (Å²) in [6, 6.07) is 14.3. The van der Waals surface area contributed by atoms with Gasteiger partial charge in [-0.2, -0.15) is 4.98 Å². The van der Waals surface area contributed by atoms with Gasteiger partial charge in [0.1, 0.15) is 5.75 Å². The van der Waals surface area contributed by atoms with Crippen LogP contribution in [0.15, 0.2) is 53.1 Å². The molecule has 0 radical (unpaired) electrons. The summed E-state index contributed by atoms with van der Waals surface area (Å²) in [6.45, 7) is 2.46. The number of hydrogen-bond acceptors (Lipinski definition) is 6. The first-order chi connectivity index (χ1) is 13.6. The number of aryl methyl sites for hydroxylation is 1. The molecule has 3 rings (SSSR count). The van der Waals surface area contributed by atoms with Gasteiger partial charge in [0.2, 0.25) is 5.82 Å². The second-order valence-electron chi connectivity index (χ2n) is 6.03. The fourth-order valence-electron chi connectivity index (χ4n) is 2.41. The van der Waals surface area contributed by atoms with Crippen molar-refractivity contribution in [2.45, 2.75) is 6.92 Å². The molecule has 0 bridgehead atoms. The molecule has 0 aliphatic heterocycles. The number of ether oxygens (including phenoxy) is 1. The lowest BCUT2D eigenvalue weighted by Gasteiger charge is -2.06. The highest BCUT2D eigenvalue weighted by molar-refractivity contribution is 5.94. The maximum atomic E-state index is 12.1. The van der Waals surface area contributed by atoms with E-state index in [-0.39, 0.29) is 24.9 Å². The first kappa shape index (κ1) is 19.1. The zero-order valence-electron chi connectivity index (χ0n) is 15.6. The lowest BCUT2D eigenvalue weighted by atomic mass is 10.1. The number of benzene rings is 2. The standard InChI is InChI=1S/C20H20N4O4/c1-13-3-5-15(6-4-13)18(25)21-11-12-22-19(26)20-23-17(24-28-20)14-7-9-16(27-2)10-8-14/h3-10H,11-12H2,1-2H3,(H,21,25)(H,22,26). The number of aromatic nitrogens is 2. The van der Waals surface area contributed by atoms with E-state index in [4.69, 9.17) is 9.26 Å². The zero-order valence-corrected chi connectivity index (χ0v) is 15.6. The van der Waals surface area contributed by atoms with Crippen molar-refractivity contribution < 1.29 is 18.8 Å². The van der Waals surface area contributed by atoms with Crippen LogP contribution < -0.4 is 15.4 Å². The molecule has 8 nitrogen and oxygen atoms in total. The van der Waals surface area contributed by atoms with Crippen LogP contribution in [0.3, 0.4) is 0 Å². The molecular formula is C20H20N4O4. The SMILES string of the molecule is COc1ccc(-c2noc(C(=O)NCCNC(=O)c3ccc(C)cc3)n2)cc1. The summed E-state index contributed by atoms with van der Waals surface area (Å²) in [5.41, 5.74) is 2.35. The molecule has 144 valence electrons. The fourth-order valence-corrected chi connectivity index (χ4v) is 2.41. The van der Waals surface area contributed by atoms with Crippen LogP contribution in [0.5, 0.6) is 5.75 Å². The molecule has 1 heterocycles. The van der Waals surface area contributed by atoms with Gasteiger partial charge in [0.15, 0.2) is 0 Å². The first-order valence-corrected chi connectivity index (χ1v) is 8.68. The van der Waals surface area contributed by atoms with Crippen LogP contribution in [0.25, 0.3) is 11.4 Å². The normalized spacial score (nSPS) is 10.4. The molecular weight excluding hydrogens is 360 g/mol. The number of rotatable bonds is 7. The summed E-state index contributed by atoms with van der Waals surface area (Å²) in [7, 11) is 1.58. The summed E-state index contributed by atoms with van der Waals surface area (Å²) in [4.78, 5) is 28.2. The minimum atomic E-state index is -0.503. The molecule has 0 aliphatic carbocycles. The minimum absolute atomic E-state index is 0.143. The van der Waals surface area contributed by atoms with E-state index < -0.39 is 5.91 Å². The molecule has 2 amide bonds. The van der Waals surface area contributed by atoms with Gasteiger partial charge >= 0.3 is 11.8 Å². The lowest BCUT2D eigenvalue weighted by molar-refractivity contribution is 0.0898. The maximum absolute atomic E-state index is 12.1. The molecule has 28 heavy (non-hydrogen) atoms. The van der Waals surface area contributed by atoms with Crippen molar-refractivity contribution in [3.8, 4) is 17.1 Å². The van der Waals surface area contributed by atoms with Gasteiger partial charge in [-0.1, -0.05) is 22.9 Å². The van der Waals surface area contributed by atoms with E-state index in [9.17, 15) is 9.59 Å². The van der Waals surface area contributed by atoms with Gasteiger partial charge in [-0.3, -0.25) is 9.59 Å². The summed E-state index contributed by atoms with van der Waals surface area (Å²) in [6.07, 6.45) is 0. The van der Waals surface area contributed by atoms with E-state index in [0.717, 1.165) is 5.56 Å². The Morgan fingerprint density at radius 3 is 2.25 bits per heavy atom. The predicted molar refractivity (Wildman–Crippen MR) is 102 cm³/mol. The van der Waals surface area contributed by atoms with Crippen LogP contribution in [-0.4, -0.2) is 42.2 Å². The van der Waals surface area contributed by atoms with E-state index >= 15 is 0 Å². The number of carbonyl (C=O) groups excluding carboxylic acids is 2. The molecule has 0 fully saturated rings. The molecule has 8 heteroatoms. The minimum Gasteiger partial charge on any atom is -0.497 e. The van der Waals surface area contributed by atoms with Gasteiger partial charge in [0.25, 0.3) is 5.91 Å². The highest BCUT2D eigenvalue weighted by atomic mass is 16.5. The average Bonchev–Trinajstić information content (AvgIpc) is 3.22. The molecule has 0 saturated carbocycles. The largest absolute Gasteiger partial charge is 0.497 e. The van der Waals surface area contributed by atoms with Crippen LogP contribution >= 0.6 is 0 Å². The van der Waals surface area contributed by atoms with E-state index in [0.29, 0.717) is 22.7 Å². The molecule has 0 saturated heterocycles. The van der Waals surface area contributed by atoms with Crippen molar-refractivity contribution in [3.63, 3.8) is 0 Å². The summed E-state index contributed by atoms with van der Waals surface area (Å²) >= 11 is 0. The van der Waals surface area contributed by atoms with Gasteiger partial charge < -0.3 is 19.9 Å². The number of amides is 2. The Kier molecular flexibility index (Phi) is 6.01. The van der Waals surface area contributed by atoms with Crippen molar-refractivity contribution in [1.82, 2.24) is 20.8 Å². The molecule has 0 unspecified atom stereocenters. The second kappa shape index (κ2) is 8.81. The Morgan fingerprint density at radius 1 is 0.964 bits per heavy atom. The van der Waals surface area contributed by atoms with Gasteiger partial charge in [0, 0.05) is 24.2 Å². The van der Waals surface area contributed by atoms with Crippen molar-refractivity contribution in [3.05, 3.63) is 65.5 Å². The molecule has 0 spiro atoms. The monoisotopic (exact) mass is 380 g/mol. The van der Waals surface area contributed by atoms with Crippen LogP contribution in [0, 0.1) is 6.92 Å². The Morgan fingerprint density at radius 2 is 1.61 bits per heavy atom. The lowest BCUT2D eigenvalue weighted by Crippen LogP contribution is -2.34. The molecule has 2 N–H and O–H groups in total. The van der Waals surface area contributed by atoms with Gasteiger partial charge in [-0.15, -0.1) is 0 Å². The van der Waals surface area contributed by atoms with Crippen LogP contribution in [0.2, 0.25) is 0 Å². The molecule has 0 aliphatic rings. The van der Waals surface area contributed by atoms with Crippen molar-refractivity contribution in [2.75, 3.05) is 20.2 Å². The van der Waals surface area contributed by atoms with Crippen LogP contribution in [0.1, 0.15) is 26.6 Å². The molecule has 2 aromatic carbocycles.